The average molecular weight is 382 g/mol. The van der Waals surface area contributed by atoms with Gasteiger partial charge in [0.25, 0.3) is 0 Å². The third kappa shape index (κ3) is 4.97. The summed E-state index contributed by atoms with van der Waals surface area (Å²) in [6.07, 6.45) is 0. The third-order valence-corrected chi connectivity index (χ3v) is 4.29. The molecule has 0 N–H and O–H groups in total. The topological polar surface area (TPSA) is 66.9 Å². The zero-order chi connectivity index (χ0) is 20.7. The van der Waals surface area contributed by atoms with Crippen molar-refractivity contribution < 1.29 is 19.1 Å². The highest BCUT2D eigenvalue weighted by molar-refractivity contribution is 6.06. The number of aryl methyl sites for hydroxylation is 1. The van der Waals surface area contributed by atoms with Crippen molar-refractivity contribution in [3.8, 4) is 0 Å². The average Bonchev–Trinajstić information content (AvgIpc) is 2.67. The fourth-order valence-electron chi connectivity index (χ4n) is 2.98. The number of benzene rings is 2. The Labute approximate surface area is 165 Å². The second kappa shape index (κ2) is 9.69. The molecule has 0 radical (unpaired) electrons. The Kier molecular flexibility index (Phi) is 7.32. The summed E-state index contributed by atoms with van der Waals surface area (Å²) >= 11 is 0. The lowest BCUT2D eigenvalue weighted by atomic mass is 10.1. The number of esters is 1. The van der Waals surface area contributed by atoms with Crippen molar-refractivity contribution in [1.29, 1.82) is 0 Å². The molecule has 0 aromatic heterocycles. The highest BCUT2D eigenvalue weighted by Gasteiger charge is 2.24. The molecular formula is C22H26N2O4. The van der Waals surface area contributed by atoms with Crippen LogP contribution in [0.2, 0.25) is 0 Å². The summed E-state index contributed by atoms with van der Waals surface area (Å²) in [4.78, 5) is 40.5. The van der Waals surface area contributed by atoms with Crippen LogP contribution in [0, 0.1) is 6.92 Å². The molecule has 2 aromatic rings. The first-order valence-electron chi connectivity index (χ1n) is 9.30. The molecule has 2 amide bonds. The Hall–Kier alpha value is -3.15. The first kappa shape index (κ1) is 21.2. The van der Waals surface area contributed by atoms with Crippen LogP contribution in [0.1, 0.15) is 36.7 Å². The highest BCUT2D eigenvalue weighted by Crippen LogP contribution is 2.23. The zero-order valence-electron chi connectivity index (χ0n) is 16.8. The minimum atomic E-state index is -0.525. The lowest BCUT2D eigenvalue weighted by molar-refractivity contribution is -0.121. The summed E-state index contributed by atoms with van der Waals surface area (Å²) in [5.74, 6) is -1.09. The van der Waals surface area contributed by atoms with Crippen molar-refractivity contribution in [2.24, 2.45) is 0 Å². The number of anilines is 2. The minimum Gasteiger partial charge on any atom is -0.462 e. The molecule has 0 atom stereocenters. The summed E-state index contributed by atoms with van der Waals surface area (Å²) in [6.45, 7) is 7.44. The molecule has 0 bridgehead atoms. The van der Waals surface area contributed by atoms with Crippen LogP contribution >= 0.6 is 0 Å². The Morgan fingerprint density at radius 3 is 2.29 bits per heavy atom. The van der Waals surface area contributed by atoms with Gasteiger partial charge in [0.05, 0.1) is 17.9 Å². The molecule has 6 nitrogen and oxygen atoms in total. The van der Waals surface area contributed by atoms with Crippen molar-refractivity contribution in [1.82, 2.24) is 0 Å². The number of hydrogen-bond donors (Lipinski definition) is 0. The van der Waals surface area contributed by atoms with Crippen molar-refractivity contribution in [2.75, 3.05) is 29.5 Å². The van der Waals surface area contributed by atoms with Crippen LogP contribution in [-0.2, 0) is 14.3 Å². The first-order chi connectivity index (χ1) is 13.4. The van der Waals surface area contributed by atoms with E-state index in [1.165, 1.54) is 11.8 Å². The van der Waals surface area contributed by atoms with Gasteiger partial charge in [-0.15, -0.1) is 0 Å². The summed E-state index contributed by atoms with van der Waals surface area (Å²) in [7, 11) is 0. The molecule has 0 spiro atoms. The van der Waals surface area contributed by atoms with E-state index >= 15 is 0 Å². The molecule has 0 aliphatic carbocycles. The molecule has 0 aliphatic heterocycles. The van der Waals surface area contributed by atoms with Gasteiger partial charge in [-0.3, -0.25) is 9.59 Å². The maximum absolute atomic E-state index is 13.0. The van der Waals surface area contributed by atoms with E-state index in [9.17, 15) is 14.4 Å². The van der Waals surface area contributed by atoms with Crippen LogP contribution < -0.4 is 9.80 Å². The fourth-order valence-corrected chi connectivity index (χ4v) is 2.98. The van der Waals surface area contributed by atoms with Gasteiger partial charge in [0, 0.05) is 19.2 Å². The normalized spacial score (nSPS) is 10.3. The molecule has 0 aliphatic rings. The molecule has 0 heterocycles. The summed E-state index contributed by atoms with van der Waals surface area (Å²) in [5.41, 5.74) is 2.43. The maximum Gasteiger partial charge on any atom is 0.340 e. The fraction of sp³-hybridized carbons (Fsp3) is 0.318. The van der Waals surface area contributed by atoms with Gasteiger partial charge >= 0.3 is 5.97 Å². The molecule has 0 saturated carbocycles. The second-order valence-corrected chi connectivity index (χ2v) is 6.32. The summed E-state index contributed by atoms with van der Waals surface area (Å²) in [6, 6.07) is 14.3. The quantitative estimate of drug-likeness (QED) is 0.687. The standard InChI is InChI=1S/C22H26N2O4/c1-5-23(18-11-9-10-16(3)14-18)21(26)15-24(17(4)25)20-13-8-7-12-19(20)22(27)28-6-2/h7-14H,5-6,15H2,1-4H3. The van der Waals surface area contributed by atoms with E-state index in [-0.39, 0.29) is 30.5 Å². The van der Waals surface area contributed by atoms with E-state index in [1.807, 2.05) is 38.1 Å². The monoisotopic (exact) mass is 382 g/mol. The van der Waals surface area contributed by atoms with Gasteiger partial charge in [-0.2, -0.15) is 0 Å². The van der Waals surface area contributed by atoms with Gasteiger partial charge in [0.2, 0.25) is 11.8 Å². The van der Waals surface area contributed by atoms with Crippen molar-refractivity contribution in [2.45, 2.75) is 27.7 Å². The highest BCUT2D eigenvalue weighted by atomic mass is 16.5. The Balaban J connectivity index is 2.34. The Morgan fingerprint density at radius 2 is 1.68 bits per heavy atom. The number of carbonyl (C=O) groups excluding carboxylic acids is 3. The number of rotatable bonds is 7. The van der Waals surface area contributed by atoms with Crippen LogP contribution in [0.15, 0.2) is 48.5 Å². The lowest BCUT2D eigenvalue weighted by Gasteiger charge is -2.27. The Bertz CT molecular complexity index is 863. The van der Waals surface area contributed by atoms with Gasteiger partial charge in [-0.25, -0.2) is 4.79 Å². The smallest absolute Gasteiger partial charge is 0.340 e. The van der Waals surface area contributed by atoms with E-state index in [4.69, 9.17) is 4.74 Å². The lowest BCUT2D eigenvalue weighted by Crippen LogP contribution is -2.43. The third-order valence-electron chi connectivity index (χ3n) is 4.29. The maximum atomic E-state index is 13.0. The number of likely N-dealkylation sites (N-methyl/N-ethyl adjacent to an activating group) is 1. The van der Waals surface area contributed by atoms with E-state index in [1.54, 1.807) is 36.1 Å². The van der Waals surface area contributed by atoms with Gasteiger partial charge in [-0.1, -0.05) is 24.3 Å². The molecular weight excluding hydrogens is 356 g/mol. The van der Waals surface area contributed by atoms with E-state index in [0.29, 0.717) is 12.2 Å². The summed E-state index contributed by atoms with van der Waals surface area (Å²) in [5, 5.41) is 0. The first-order valence-corrected chi connectivity index (χ1v) is 9.30. The molecule has 6 heteroatoms. The Morgan fingerprint density at radius 1 is 0.964 bits per heavy atom. The number of para-hydroxylation sites is 1. The molecule has 2 aromatic carbocycles. The van der Waals surface area contributed by atoms with Crippen LogP contribution in [0.25, 0.3) is 0 Å². The van der Waals surface area contributed by atoms with Crippen molar-refractivity contribution in [3.05, 3.63) is 59.7 Å². The van der Waals surface area contributed by atoms with Crippen LogP contribution in [-0.4, -0.2) is 37.5 Å². The zero-order valence-corrected chi connectivity index (χ0v) is 16.8. The summed E-state index contributed by atoms with van der Waals surface area (Å²) < 4.78 is 5.08. The van der Waals surface area contributed by atoms with Crippen LogP contribution in [0.3, 0.4) is 0 Å². The number of ether oxygens (including phenoxy) is 1. The number of amides is 2. The van der Waals surface area contributed by atoms with Crippen molar-refractivity contribution in [3.63, 3.8) is 0 Å². The minimum absolute atomic E-state index is 0.173. The molecule has 0 saturated heterocycles. The van der Waals surface area contributed by atoms with Gasteiger partial charge in [0.15, 0.2) is 0 Å². The van der Waals surface area contributed by atoms with Gasteiger partial charge in [0.1, 0.15) is 6.54 Å². The van der Waals surface area contributed by atoms with Crippen LogP contribution in [0.5, 0.6) is 0 Å². The number of hydrogen-bond acceptors (Lipinski definition) is 4. The molecule has 0 unspecified atom stereocenters. The van der Waals surface area contributed by atoms with Gasteiger partial charge in [-0.05, 0) is 50.6 Å². The molecule has 2 rings (SSSR count). The largest absolute Gasteiger partial charge is 0.462 e. The number of carbonyl (C=O) groups is 3. The SMILES string of the molecule is CCOC(=O)c1ccccc1N(CC(=O)N(CC)c1cccc(C)c1)C(C)=O. The van der Waals surface area contributed by atoms with Crippen molar-refractivity contribution >= 4 is 29.2 Å². The predicted octanol–water partition coefficient (Wildman–Crippen LogP) is 3.58. The number of nitrogens with zero attached hydrogens (tertiary/aromatic N) is 2. The molecule has 0 fully saturated rings. The molecule has 148 valence electrons. The molecule has 28 heavy (non-hydrogen) atoms. The second-order valence-electron chi connectivity index (χ2n) is 6.32. The van der Waals surface area contributed by atoms with E-state index in [2.05, 4.69) is 0 Å². The van der Waals surface area contributed by atoms with Gasteiger partial charge < -0.3 is 14.5 Å². The van der Waals surface area contributed by atoms with E-state index < -0.39 is 5.97 Å². The predicted molar refractivity (Wildman–Crippen MR) is 110 cm³/mol. The van der Waals surface area contributed by atoms with Crippen LogP contribution in [0.4, 0.5) is 11.4 Å². The van der Waals surface area contributed by atoms with E-state index in [0.717, 1.165) is 11.3 Å².